The molecule has 1 aromatic rings. The molecule has 1 atom stereocenters. The Bertz CT molecular complexity index is 521. The molecule has 0 saturated heterocycles. The molecule has 6 heteroatoms. The summed E-state index contributed by atoms with van der Waals surface area (Å²) in [6.45, 7) is 5.92. The third-order valence-corrected chi connectivity index (χ3v) is 3.15. The first-order valence-electron chi connectivity index (χ1n) is 6.77. The van der Waals surface area contributed by atoms with Crippen molar-refractivity contribution in [2.45, 2.75) is 33.2 Å². The number of nitrogens with one attached hydrogen (secondary N) is 1. The van der Waals surface area contributed by atoms with E-state index in [1.54, 1.807) is 32.4 Å². The van der Waals surface area contributed by atoms with Crippen LogP contribution in [0, 0.1) is 5.41 Å². The predicted molar refractivity (Wildman–Crippen MR) is 81.4 cm³/mol. The van der Waals surface area contributed by atoms with E-state index in [0.29, 0.717) is 11.4 Å². The van der Waals surface area contributed by atoms with E-state index in [-0.39, 0.29) is 23.8 Å². The Morgan fingerprint density at radius 2 is 2.00 bits per heavy atom. The molecule has 0 radical (unpaired) electrons. The lowest BCUT2D eigenvalue weighted by Gasteiger charge is -2.31. The third kappa shape index (κ3) is 5.06. The van der Waals surface area contributed by atoms with Gasteiger partial charge in [0.25, 0.3) is 5.91 Å². The quantitative estimate of drug-likeness (QED) is 0.868. The zero-order valence-electron chi connectivity index (χ0n) is 13.2. The van der Waals surface area contributed by atoms with E-state index in [4.69, 9.17) is 5.11 Å². The SMILES string of the molecule is CN(C)C(=O)c1cc(NC(CC(=O)O)C(C)(C)C)ccn1. The molecule has 0 fully saturated rings. The normalized spacial score (nSPS) is 12.6. The monoisotopic (exact) mass is 293 g/mol. The second-order valence-electron chi connectivity index (χ2n) is 6.29. The van der Waals surface area contributed by atoms with Gasteiger partial charge in [-0.2, -0.15) is 0 Å². The van der Waals surface area contributed by atoms with Gasteiger partial charge in [0.2, 0.25) is 0 Å². The minimum Gasteiger partial charge on any atom is -0.481 e. The van der Waals surface area contributed by atoms with E-state index >= 15 is 0 Å². The van der Waals surface area contributed by atoms with Crippen molar-refractivity contribution in [1.82, 2.24) is 9.88 Å². The maximum Gasteiger partial charge on any atom is 0.305 e. The van der Waals surface area contributed by atoms with Gasteiger partial charge >= 0.3 is 5.97 Å². The van der Waals surface area contributed by atoms with Gasteiger partial charge in [0, 0.05) is 32.0 Å². The third-order valence-electron chi connectivity index (χ3n) is 3.15. The summed E-state index contributed by atoms with van der Waals surface area (Å²) in [5, 5.41) is 12.2. The predicted octanol–water partition coefficient (Wildman–Crippen LogP) is 2.08. The number of anilines is 1. The largest absolute Gasteiger partial charge is 0.481 e. The van der Waals surface area contributed by atoms with Crippen molar-refractivity contribution in [1.29, 1.82) is 0 Å². The number of hydrogen-bond acceptors (Lipinski definition) is 4. The highest BCUT2D eigenvalue weighted by atomic mass is 16.4. The van der Waals surface area contributed by atoms with Gasteiger partial charge < -0.3 is 15.3 Å². The maximum absolute atomic E-state index is 11.9. The summed E-state index contributed by atoms with van der Waals surface area (Å²) in [7, 11) is 3.32. The van der Waals surface area contributed by atoms with Crippen LogP contribution in [0.5, 0.6) is 0 Å². The van der Waals surface area contributed by atoms with Crippen LogP contribution in [0.4, 0.5) is 5.69 Å². The maximum atomic E-state index is 11.9. The molecule has 2 N–H and O–H groups in total. The number of carboxylic acids is 1. The van der Waals surface area contributed by atoms with Crippen molar-refractivity contribution in [2.24, 2.45) is 5.41 Å². The van der Waals surface area contributed by atoms with E-state index in [0.717, 1.165) is 0 Å². The van der Waals surface area contributed by atoms with Gasteiger partial charge in [-0.3, -0.25) is 14.6 Å². The van der Waals surface area contributed by atoms with E-state index in [1.807, 2.05) is 20.8 Å². The average Bonchev–Trinajstić information content (AvgIpc) is 2.35. The number of amides is 1. The zero-order valence-corrected chi connectivity index (χ0v) is 13.2. The van der Waals surface area contributed by atoms with Gasteiger partial charge in [0.15, 0.2) is 0 Å². The summed E-state index contributed by atoms with van der Waals surface area (Å²) in [6.07, 6.45) is 1.54. The molecule has 0 aliphatic rings. The van der Waals surface area contributed by atoms with Crippen molar-refractivity contribution in [2.75, 3.05) is 19.4 Å². The number of pyridine rings is 1. The fourth-order valence-corrected chi connectivity index (χ4v) is 1.82. The van der Waals surface area contributed by atoms with Crippen LogP contribution in [0.25, 0.3) is 0 Å². The van der Waals surface area contributed by atoms with Gasteiger partial charge in [-0.25, -0.2) is 0 Å². The molecule has 0 aliphatic heterocycles. The van der Waals surface area contributed by atoms with Gasteiger partial charge in [-0.1, -0.05) is 20.8 Å². The first kappa shape index (κ1) is 16.9. The van der Waals surface area contributed by atoms with E-state index < -0.39 is 5.97 Å². The first-order valence-corrected chi connectivity index (χ1v) is 6.77. The van der Waals surface area contributed by atoms with Gasteiger partial charge in [0.05, 0.1) is 6.42 Å². The Morgan fingerprint density at radius 1 is 1.38 bits per heavy atom. The summed E-state index contributed by atoms with van der Waals surface area (Å²) < 4.78 is 0. The number of hydrogen-bond donors (Lipinski definition) is 2. The van der Waals surface area contributed by atoms with Crippen molar-refractivity contribution in [3.05, 3.63) is 24.0 Å². The average molecular weight is 293 g/mol. The van der Waals surface area contributed by atoms with Crippen molar-refractivity contribution >= 4 is 17.6 Å². The lowest BCUT2D eigenvalue weighted by molar-refractivity contribution is -0.137. The lowest BCUT2D eigenvalue weighted by Crippen LogP contribution is -2.36. The highest BCUT2D eigenvalue weighted by Gasteiger charge is 2.27. The smallest absolute Gasteiger partial charge is 0.305 e. The minimum absolute atomic E-state index is 0.00276. The van der Waals surface area contributed by atoms with Crippen LogP contribution in [-0.2, 0) is 4.79 Å². The van der Waals surface area contributed by atoms with Gasteiger partial charge in [0.1, 0.15) is 5.69 Å². The van der Waals surface area contributed by atoms with Crippen LogP contribution in [-0.4, -0.2) is 47.0 Å². The molecular weight excluding hydrogens is 270 g/mol. The number of nitrogens with zero attached hydrogens (tertiary/aromatic N) is 2. The Hall–Kier alpha value is -2.11. The number of rotatable bonds is 5. The summed E-state index contributed by atoms with van der Waals surface area (Å²) in [5.41, 5.74) is 0.789. The summed E-state index contributed by atoms with van der Waals surface area (Å²) in [4.78, 5) is 28.4. The Balaban J connectivity index is 2.97. The molecule has 0 aliphatic carbocycles. The second kappa shape index (κ2) is 6.56. The fourth-order valence-electron chi connectivity index (χ4n) is 1.82. The van der Waals surface area contributed by atoms with E-state index in [9.17, 15) is 9.59 Å². The van der Waals surface area contributed by atoms with Crippen LogP contribution < -0.4 is 5.32 Å². The molecule has 116 valence electrons. The highest BCUT2D eigenvalue weighted by molar-refractivity contribution is 5.92. The lowest BCUT2D eigenvalue weighted by atomic mass is 9.84. The van der Waals surface area contributed by atoms with Crippen LogP contribution in [0.3, 0.4) is 0 Å². The molecule has 1 heterocycles. The van der Waals surface area contributed by atoms with E-state index in [2.05, 4.69) is 10.3 Å². The molecule has 0 saturated carbocycles. The standard InChI is InChI=1S/C15H23N3O3/c1-15(2,3)12(9-13(19)20)17-10-6-7-16-11(8-10)14(21)18(4)5/h6-8,12H,9H2,1-5H3,(H,16,17)(H,19,20). The molecule has 0 aromatic carbocycles. The molecule has 21 heavy (non-hydrogen) atoms. The van der Waals surface area contributed by atoms with E-state index in [1.165, 1.54) is 4.90 Å². The molecule has 0 spiro atoms. The van der Waals surface area contributed by atoms with Crippen LogP contribution in [0.1, 0.15) is 37.7 Å². The van der Waals surface area contributed by atoms with Gasteiger partial charge in [-0.05, 0) is 17.5 Å². The Kier molecular flexibility index (Phi) is 5.29. The van der Waals surface area contributed by atoms with Crippen molar-refractivity contribution in [3.8, 4) is 0 Å². The number of carbonyl (C=O) groups is 2. The number of carbonyl (C=O) groups excluding carboxylic acids is 1. The van der Waals surface area contributed by atoms with Gasteiger partial charge in [-0.15, -0.1) is 0 Å². The van der Waals surface area contributed by atoms with Crippen molar-refractivity contribution < 1.29 is 14.7 Å². The Morgan fingerprint density at radius 3 is 2.48 bits per heavy atom. The summed E-state index contributed by atoms with van der Waals surface area (Å²) in [5.74, 6) is -1.05. The number of carboxylic acid groups (broad SMARTS) is 1. The number of aromatic nitrogens is 1. The zero-order chi connectivity index (χ0) is 16.2. The molecule has 1 rings (SSSR count). The molecule has 0 bridgehead atoms. The molecule has 1 aromatic heterocycles. The minimum atomic E-state index is -0.860. The molecule has 1 amide bonds. The summed E-state index contributed by atoms with van der Waals surface area (Å²) >= 11 is 0. The molecule has 6 nitrogen and oxygen atoms in total. The van der Waals surface area contributed by atoms with Crippen LogP contribution in [0.15, 0.2) is 18.3 Å². The first-order chi connectivity index (χ1) is 9.61. The van der Waals surface area contributed by atoms with Crippen molar-refractivity contribution in [3.63, 3.8) is 0 Å². The molecular formula is C15H23N3O3. The van der Waals surface area contributed by atoms with Crippen LogP contribution in [0.2, 0.25) is 0 Å². The molecule has 1 unspecified atom stereocenters. The highest BCUT2D eigenvalue weighted by Crippen LogP contribution is 2.25. The second-order valence-corrected chi connectivity index (χ2v) is 6.29. The topological polar surface area (TPSA) is 82.5 Å². The fraction of sp³-hybridized carbons (Fsp3) is 0.533. The van der Waals surface area contributed by atoms with Crippen LogP contribution >= 0.6 is 0 Å². The number of aliphatic carboxylic acids is 1. The summed E-state index contributed by atoms with van der Waals surface area (Å²) in [6, 6.07) is 3.12. The Labute approximate surface area is 125 Å².